The number of Topliss-reactive ketones (excluding diaryl/α,β-unsaturated/α-hetero) is 1. The van der Waals surface area contributed by atoms with Crippen LogP contribution in [0.25, 0.3) is 0 Å². The highest BCUT2D eigenvalue weighted by atomic mass is 16.2. The summed E-state index contributed by atoms with van der Waals surface area (Å²) in [6.07, 6.45) is 2.00. The van der Waals surface area contributed by atoms with Crippen molar-refractivity contribution in [2.24, 2.45) is 17.8 Å². The van der Waals surface area contributed by atoms with Gasteiger partial charge in [0.15, 0.2) is 11.7 Å². The molecule has 8 heteroatoms. The molecule has 0 saturated heterocycles. The van der Waals surface area contributed by atoms with Gasteiger partial charge in [-0.1, -0.05) is 0 Å². The number of guanidine groups is 1. The van der Waals surface area contributed by atoms with E-state index in [4.69, 9.17) is 5.73 Å². The molecule has 0 aromatic carbocycles. The Morgan fingerprint density at radius 1 is 1.35 bits per heavy atom. The number of aryl methyl sites for hydroxylation is 2. The summed E-state index contributed by atoms with van der Waals surface area (Å²) in [5, 5.41) is 4.22. The number of carbonyl (C=O) groups excluding carboxylic acids is 2. The van der Waals surface area contributed by atoms with Crippen LogP contribution < -0.4 is 5.73 Å². The third-order valence-corrected chi connectivity index (χ3v) is 4.71. The molecule has 0 fully saturated rings. The molecule has 1 aliphatic rings. The molecular formula is C18H22N6O2. The minimum atomic E-state index is -0.839. The molecule has 2 N–H and O–H groups in total. The average molecular weight is 354 g/mol. The van der Waals surface area contributed by atoms with Crippen molar-refractivity contribution in [2.75, 3.05) is 7.05 Å². The molecule has 2 aromatic heterocycles. The lowest BCUT2D eigenvalue weighted by molar-refractivity contribution is -0.128. The summed E-state index contributed by atoms with van der Waals surface area (Å²) in [5.74, 6) is -0.0262. The highest BCUT2D eigenvalue weighted by molar-refractivity contribution is 5.98. The van der Waals surface area contributed by atoms with E-state index < -0.39 is 5.54 Å². The van der Waals surface area contributed by atoms with Gasteiger partial charge in [-0.3, -0.25) is 24.2 Å². The zero-order valence-electron chi connectivity index (χ0n) is 15.4. The molecular weight excluding hydrogens is 332 g/mol. The standard InChI is InChI=1S/C18H22N6O2/c1-11-7-13(22-24(11)4)14(25)8-12-5-6-20-15(9-12)18(2)10-16(26)23(3)17(19)21-18/h5-7,9H,8,10H2,1-4H3,(H2,19,21). The van der Waals surface area contributed by atoms with E-state index in [0.717, 1.165) is 11.3 Å². The summed E-state index contributed by atoms with van der Waals surface area (Å²) in [4.78, 5) is 34.8. The predicted octanol–water partition coefficient (Wildman–Crippen LogP) is 0.941. The Morgan fingerprint density at radius 3 is 2.69 bits per heavy atom. The van der Waals surface area contributed by atoms with Crippen LogP contribution in [0.4, 0.5) is 0 Å². The summed E-state index contributed by atoms with van der Waals surface area (Å²) >= 11 is 0. The molecule has 136 valence electrons. The van der Waals surface area contributed by atoms with E-state index in [0.29, 0.717) is 11.4 Å². The van der Waals surface area contributed by atoms with E-state index in [9.17, 15) is 9.59 Å². The van der Waals surface area contributed by atoms with Crippen LogP contribution in [0.5, 0.6) is 0 Å². The van der Waals surface area contributed by atoms with Crippen molar-refractivity contribution in [3.63, 3.8) is 0 Å². The van der Waals surface area contributed by atoms with Crippen molar-refractivity contribution < 1.29 is 9.59 Å². The number of nitrogens with two attached hydrogens (primary N) is 1. The number of hydrogen-bond donors (Lipinski definition) is 1. The number of ketones is 1. The van der Waals surface area contributed by atoms with Crippen molar-refractivity contribution in [1.29, 1.82) is 0 Å². The fraction of sp³-hybridized carbons (Fsp3) is 0.389. The lowest BCUT2D eigenvalue weighted by Gasteiger charge is -2.32. The van der Waals surface area contributed by atoms with Gasteiger partial charge in [0.1, 0.15) is 11.2 Å². The van der Waals surface area contributed by atoms with Crippen molar-refractivity contribution >= 4 is 17.6 Å². The van der Waals surface area contributed by atoms with Gasteiger partial charge in [0, 0.05) is 32.4 Å². The first-order valence-corrected chi connectivity index (χ1v) is 8.31. The lowest BCUT2D eigenvalue weighted by Crippen LogP contribution is -2.47. The second-order valence-electron chi connectivity index (χ2n) is 6.82. The topological polar surface area (TPSA) is 106 Å². The Labute approximate surface area is 151 Å². The van der Waals surface area contributed by atoms with E-state index in [-0.39, 0.29) is 30.5 Å². The molecule has 0 radical (unpaired) electrons. The van der Waals surface area contributed by atoms with Gasteiger partial charge in [0.25, 0.3) is 0 Å². The van der Waals surface area contributed by atoms with Gasteiger partial charge in [0.05, 0.1) is 12.1 Å². The first-order chi connectivity index (χ1) is 12.2. The molecule has 1 atom stereocenters. The van der Waals surface area contributed by atoms with Crippen molar-refractivity contribution in [2.45, 2.75) is 32.2 Å². The van der Waals surface area contributed by atoms with Gasteiger partial charge in [-0.05, 0) is 37.6 Å². The summed E-state index contributed by atoms with van der Waals surface area (Å²) in [5.41, 5.74) is 7.79. The number of pyridine rings is 1. The molecule has 26 heavy (non-hydrogen) atoms. The fourth-order valence-electron chi connectivity index (χ4n) is 2.91. The minimum absolute atomic E-state index is 0.0709. The first kappa shape index (κ1) is 17.8. The van der Waals surface area contributed by atoms with Crippen LogP contribution in [0.1, 0.15) is 40.8 Å². The molecule has 8 nitrogen and oxygen atoms in total. The lowest BCUT2D eigenvalue weighted by atomic mass is 9.90. The monoisotopic (exact) mass is 354 g/mol. The van der Waals surface area contributed by atoms with Crippen LogP contribution in [0.3, 0.4) is 0 Å². The van der Waals surface area contributed by atoms with Crippen LogP contribution >= 0.6 is 0 Å². The normalized spacial score (nSPS) is 20.2. The number of hydrogen-bond acceptors (Lipinski definition) is 6. The van der Waals surface area contributed by atoms with Gasteiger partial charge in [0.2, 0.25) is 5.91 Å². The van der Waals surface area contributed by atoms with E-state index in [1.54, 1.807) is 37.1 Å². The largest absolute Gasteiger partial charge is 0.369 e. The highest BCUT2D eigenvalue weighted by Gasteiger charge is 2.37. The molecule has 0 spiro atoms. The summed E-state index contributed by atoms with van der Waals surface area (Å²) in [7, 11) is 3.40. The fourth-order valence-corrected chi connectivity index (χ4v) is 2.91. The molecule has 0 saturated carbocycles. The number of aliphatic imine (C=N–C) groups is 1. The van der Waals surface area contributed by atoms with Crippen molar-refractivity contribution in [1.82, 2.24) is 19.7 Å². The molecule has 0 aliphatic carbocycles. The Hall–Kier alpha value is -3.03. The van der Waals surface area contributed by atoms with Crippen LogP contribution in [0, 0.1) is 6.92 Å². The van der Waals surface area contributed by atoms with Crippen LogP contribution in [0.2, 0.25) is 0 Å². The third-order valence-electron chi connectivity index (χ3n) is 4.71. The highest BCUT2D eigenvalue weighted by Crippen LogP contribution is 2.31. The Morgan fingerprint density at radius 2 is 2.08 bits per heavy atom. The molecule has 3 heterocycles. The SMILES string of the molecule is Cc1cc(C(=O)Cc2ccnc(C3(C)CC(=O)N(C)C(N)=N3)c2)nn1C. The predicted molar refractivity (Wildman–Crippen MR) is 96.6 cm³/mol. The maximum absolute atomic E-state index is 12.5. The van der Waals surface area contributed by atoms with Crippen LogP contribution in [-0.4, -0.2) is 44.4 Å². The molecule has 1 unspecified atom stereocenters. The zero-order valence-corrected chi connectivity index (χ0v) is 15.4. The number of amides is 1. The molecule has 0 bridgehead atoms. The van der Waals surface area contributed by atoms with Gasteiger partial charge in [-0.25, -0.2) is 4.99 Å². The van der Waals surface area contributed by atoms with Gasteiger partial charge in [-0.15, -0.1) is 0 Å². The quantitative estimate of drug-likeness (QED) is 0.823. The smallest absolute Gasteiger partial charge is 0.231 e. The second-order valence-corrected chi connectivity index (χ2v) is 6.82. The zero-order chi connectivity index (χ0) is 19.1. The first-order valence-electron chi connectivity index (χ1n) is 8.31. The molecule has 2 aromatic rings. The molecule has 3 rings (SSSR count). The number of nitrogens with zero attached hydrogens (tertiary/aromatic N) is 5. The Balaban J connectivity index is 1.87. The second kappa shape index (κ2) is 6.36. The maximum Gasteiger partial charge on any atom is 0.231 e. The van der Waals surface area contributed by atoms with E-state index in [2.05, 4.69) is 15.1 Å². The van der Waals surface area contributed by atoms with Crippen LogP contribution in [0.15, 0.2) is 29.4 Å². The average Bonchev–Trinajstić information content (AvgIpc) is 2.92. The van der Waals surface area contributed by atoms with Gasteiger partial charge in [-0.2, -0.15) is 5.10 Å². The number of carbonyl (C=O) groups is 2. The summed E-state index contributed by atoms with van der Waals surface area (Å²) < 4.78 is 1.67. The Bertz CT molecular complexity index is 897. The van der Waals surface area contributed by atoms with Gasteiger partial charge >= 0.3 is 0 Å². The van der Waals surface area contributed by atoms with E-state index in [1.807, 2.05) is 19.9 Å². The summed E-state index contributed by atoms with van der Waals surface area (Å²) in [6, 6.07) is 5.36. The molecule has 1 aliphatic heterocycles. The summed E-state index contributed by atoms with van der Waals surface area (Å²) in [6.45, 7) is 3.72. The minimum Gasteiger partial charge on any atom is -0.369 e. The Kier molecular flexibility index (Phi) is 4.35. The van der Waals surface area contributed by atoms with Gasteiger partial charge < -0.3 is 5.73 Å². The van der Waals surface area contributed by atoms with Crippen LogP contribution in [-0.2, 0) is 23.8 Å². The number of aromatic nitrogens is 3. The number of rotatable bonds is 4. The van der Waals surface area contributed by atoms with E-state index in [1.165, 1.54) is 4.90 Å². The van der Waals surface area contributed by atoms with E-state index >= 15 is 0 Å². The van der Waals surface area contributed by atoms with Crippen molar-refractivity contribution in [3.8, 4) is 0 Å². The molecule has 1 amide bonds. The third kappa shape index (κ3) is 3.22. The van der Waals surface area contributed by atoms with Crippen molar-refractivity contribution in [3.05, 3.63) is 47.0 Å². The maximum atomic E-state index is 12.5.